The Morgan fingerprint density at radius 2 is 2.06 bits per heavy atom. The van der Waals surface area contributed by atoms with Gasteiger partial charge in [-0.3, -0.25) is 9.59 Å². The lowest BCUT2D eigenvalue weighted by Gasteiger charge is -2.14. The first kappa shape index (κ1) is 12.5. The molecule has 2 rings (SSSR count). The van der Waals surface area contributed by atoms with E-state index in [4.69, 9.17) is 4.42 Å². The lowest BCUT2D eigenvalue weighted by molar-refractivity contribution is -0.118. The first-order valence-corrected chi connectivity index (χ1v) is 6.00. The van der Waals surface area contributed by atoms with Gasteiger partial charge in [0.05, 0.1) is 5.56 Å². The molecular formula is C13H15NO4. The Balaban J connectivity index is 2.38. The molecule has 18 heavy (non-hydrogen) atoms. The van der Waals surface area contributed by atoms with Crippen LogP contribution in [0.3, 0.4) is 0 Å². The average Bonchev–Trinajstić information content (AvgIpc) is 2.31. The summed E-state index contributed by atoms with van der Waals surface area (Å²) in [6, 6.07) is 1.43. The van der Waals surface area contributed by atoms with Crippen molar-refractivity contribution in [2.24, 2.45) is 5.92 Å². The van der Waals surface area contributed by atoms with Gasteiger partial charge < -0.3 is 9.73 Å². The predicted octanol–water partition coefficient (Wildman–Crippen LogP) is 1.75. The largest absolute Gasteiger partial charge is 0.426 e. The summed E-state index contributed by atoms with van der Waals surface area (Å²) >= 11 is 0. The van der Waals surface area contributed by atoms with Gasteiger partial charge in [-0.25, -0.2) is 4.79 Å². The molecule has 5 heteroatoms. The monoisotopic (exact) mass is 249 g/mol. The molecule has 0 aromatic carbocycles. The summed E-state index contributed by atoms with van der Waals surface area (Å²) in [5.41, 5.74) is -0.139. The third-order valence-electron chi connectivity index (χ3n) is 2.92. The van der Waals surface area contributed by atoms with Crippen molar-refractivity contribution < 1.29 is 14.0 Å². The number of ketones is 1. The van der Waals surface area contributed by atoms with E-state index >= 15 is 0 Å². The number of rotatable bonds is 2. The Hall–Kier alpha value is -1.91. The smallest absolute Gasteiger partial charge is 0.359 e. The van der Waals surface area contributed by atoms with Gasteiger partial charge in [-0.2, -0.15) is 0 Å². The zero-order chi connectivity index (χ0) is 13.3. The van der Waals surface area contributed by atoms with Gasteiger partial charge in [0.25, 0.3) is 0 Å². The maximum absolute atomic E-state index is 11.7. The van der Waals surface area contributed by atoms with Gasteiger partial charge in [0.15, 0.2) is 5.78 Å². The van der Waals surface area contributed by atoms with Crippen molar-refractivity contribution in [3.63, 3.8) is 0 Å². The Morgan fingerprint density at radius 3 is 2.72 bits per heavy atom. The van der Waals surface area contributed by atoms with Crippen LogP contribution in [0.25, 0.3) is 0 Å². The fraction of sp³-hybridized carbons (Fsp3) is 0.462. The highest BCUT2D eigenvalue weighted by Gasteiger charge is 2.22. The quantitative estimate of drug-likeness (QED) is 0.866. The van der Waals surface area contributed by atoms with E-state index in [-0.39, 0.29) is 23.3 Å². The van der Waals surface area contributed by atoms with Crippen LogP contribution in [0.1, 0.15) is 42.8 Å². The Labute approximate surface area is 104 Å². The average molecular weight is 249 g/mol. The summed E-state index contributed by atoms with van der Waals surface area (Å²) < 4.78 is 5.09. The molecule has 1 N–H and O–H groups in total. The third kappa shape index (κ3) is 2.34. The molecule has 0 radical (unpaired) electrons. The first-order chi connectivity index (χ1) is 8.49. The molecular weight excluding hydrogens is 234 g/mol. The Bertz CT molecular complexity index is 557. The van der Waals surface area contributed by atoms with Crippen LogP contribution in [0.4, 0.5) is 5.69 Å². The number of nitrogens with one attached hydrogen (secondary N) is 1. The number of fused-ring (bicyclic) bond motifs is 1. The number of carbonyl (C=O) groups is 2. The van der Waals surface area contributed by atoms with Crippen LogP contribution >= 0.6 is 0 Å². The molecule has 0 spiro atoms. The van der Waals surface area contributed by atoms with Gasteiger partial charge >= 0.3 is 5.63 Å². The molecule has 0 fully saturated rings. The number of amides is 1. The summed E-state index contributed by atoms with van der Waals surface area (Å²) in [7, 11) is 0. The number of anilines is 1. The molecule has 96 valence electrons. The summed E-state index contributed by atoms with van der Waals surface area (Å²) in [6.45, 7) is 3.45. The van der Waals surface area contributed by atoms with E-state index in [1.54, 1.807) is 13.8 Å². The zero-order valence-electron chi connectivity index (χ0n) is 10.4. The van der Waals surface area contributed by atoms with Crippen LogP contribution in [0.2, 0.25) is 0 Å². The van der Waals surface area contributed by atoms with Crippen LogP contribution in [-0.4, -0.2) is 11.7 Å². The molecule has 0 saturated heterocycles. The van der Waals surface area contributed by atoms with Gasteiger partial charge in [-0.1, -0.05) is 13.8 Å². The summed E-state index contributed by atoms with van der Waals surface area (Å²) in [4.78, 5) is 34.9. The first-order valence-electron chi connectivity index (χ1n) is 6.00. The van der Waals surface area contributed by atoms with Crippen molar-refractivity contribution >= 4 is 17.4 Å². The molecule has 0 saturated carbocycles. The topological polar surface area (TPSA) is 76.4 Å². The fourth-order valence-electron chi connectivity index (χ4n) is 1.84. The minimum Gasteiger partial charge on any atom is -0.426 e. The lowest BCUT2D eigenvalue weighted by Crippen LogP contribution is -2.24. The zero-order valence-corrected chi connectivity index (χ0v) is 10.4. The van der Waals surface area contributed by atoms with Crippen LogP contribution in [0.15, 0.2) is 15.3 Å². The Kier molecular flexibility index (Phi) is 3.32. The number of hydrogen-bond acceptors (Lipinski definition) is 4. The van der Waals surface area contributed by atoms with Crippen molar-refractivity contribution in [1.29, 1.82) is 0 Å². The van der Waals surface area contributed by atoms with Crippen LogP contribution < -0.4 is 10.9 Å². The molecule has 1 aromatic heterocycles. The standard InChI is InChI=1S/C13H15NO4/c1-7(2)12(16)14-9-6-8-10(15)4-3-5-11(8)18-13(9)17/h6-7H,3-5H2,1-2H3,(H,14,16). The van der Waals surface area contributed by atoms with Gasteiger partial charge in [0.2, 0.25) is 5.91 Å². The van der Waals surface area contributed by atoms with Crippen LogP contribution in [0, 0.1) is 5.92 Å². The van der Waals surface area contributed by atoms with E-state index in [0.29, 0.717) is 30.6 Å². The van der Waals surface area contributed by atoms with Crippen molar-refractivity contribution in [3.05, 3.63) is 27.8 Å². The maximum atomic E-state index is 11.7. The minimum atomic E-state index is -0.600. The van der Waals surface area contributed by atoms with E-state index in [2.05, 4.69) is 5.32 Å². The summed E-state index contributed by atoms with van der Waals surface area (Å²) in [5.74, 6) is -0.125. The fourth-order valence-corrected chi connectivity index (χ4v) is 1.84. The molecule has 1 heterocycles. The van der Waals surface area contributed by atoms with Crippen LogP contribution in [0.5, 0.6) is 0 Å². The highest BCUT2D eigenvalue weighted by Crippen LogP contribution is 2.22. The summed E-state index contributed by atoms with van der Waals surface area (Å²) in [5, 5.41) is 2.48. The second-order valence-electron chi connectivity index (χ2n) is 4.71. The van der Waals surface area contributed by atoms with Crippen molar-refractivity contribution in [2.75, 3.05) is 5.32 Å². The second-order valence-corrected chi connectivity index (χ2v) is 4.71. The highest BCUT2D eigenvalue weighted by molar-refractivity contribution is 5.99. The van der Waals surface area contributed by atoms with E-state index in [1.807, 2.05) is 0 Å². The van der Waals surface area contributed by atoms with E-state index in [9.17, 15) is 14.4 Å². The second kappa shape index (κ2) is 4.76. The third-order valence-corrected chi connectivity index (χ3v) is 2.92. The molecule has 1 aromatic rings. The van der Waals surface area contributed by atoms with Gasteiger partial charge in [0.1, 0.15) is 11.4 Å². The van der Waals surface area contributed by atoms with Crippen molar-refractivity contribution in [1.82, 2.24) is 0 Å². The van der Waals surface area contributed by atoms with Gasteiger partial charge in [-0.05, 0) is 12.5 Å². The number of Topliss-reactive ketones (excluding diaryl/α,β-unsaturated/α-hetero) is 1. The van der Waals surface area contributed by atoms with Crippen molar-refractivity contribution in [2.45, 2.75) is 33.1 Å². The Morgan fingerprint density at radius 1 is 1.33 bits per heavy atom. The minimum absolute atomic E-state index is 0.0416. The molecule has 1 amide bonds. The number of hydrogen-bond donors (Lipinski definition) is 1. The molecule has 0 bridgehead atoms. The SMILES string of the molecule is CC(C)C(=O)Nc1cc2c(oc1=O)CCCC2=O. The molecule has 0 atom stereocenters. The van der Waals surface area contributed by atoms with E-state index < -0.39 is 5.63 Å². The lowest BCUT2D eigenvalue weighted by atomic mass is 9.96. The van der Waals surface area contributed by atoms with E-state index in [0.717, 1.165) is 0 Å². The van der Waals surface area contributed by atoms with Crippen molar-refractivity contribution in [3.8, 4) is 0 Å². The predicted molar refractivity (Wildman–Crippen MR) is 65.7 cm³/mol. The normalized spacial score (nSPS) is 14.5. The van der Waals surface area contributed by atoms with Gasteiger partial charge in [-0.15, -0.1) is 0 Å². The molecule has 1 aliphatic carbocycles. The molecule has 5 nitrogen and oxygen atoms in total. The van der Waals surface area contributed by atoms with Crippen LogP contribution in [-0.2, 0) is 11.2 Å². The molecule has 1 aliphatic rings. The highest BCUT2D eigenvalue weighted by atomic mass is 16.4. The van der Waals surface area contributed by atoms with Gasteiger partial charge in [0, 0.05) is 18.8 Å². The maximum Gasteiger partial charge on any atom is 0.359 e. The molecule has 0 unspecified atom stereocenters. The van der Waals surface area contributed by atoms with E-state index in [1.165, 1.54) is 6.07 Å². The number of carbonyl (C=O) groups excluding carboxylic acids is 2. The molecule has 0 aliphatic heterocycles. The number of aryl methyl sites for hydroxylation is 1. The summed E-state index contributed by atoms with van der Waals surface area (Å²) in [6.07, 6.45) is 1.75.